The Morgan fingerprint density at radius 1 is 1.22 bits per heavy atom. The lowest BCUT2D eigenvalue weighted by atomic mass is 9.91. The van der Waals surface area contributed by atoms with Crippen molar-refractivity contribution in [2.75, 3.05) is 5.32 Å². The number of hydrogen-bond acceptors (Lipinski definition) is 3. The number of carbonyl (C=O) groups is 1. The number of hydrogen-bond donors (Lipinski definition) is 2. The van der Waals surface area contributed by atoms with Crippen LogP contribution in [-0.4, -0.2) is 20.9 Å². The molecular formula is C22H25N3O2. The van der Waals surface area contributed by atoms with Crippen molar-refractivity contribution in [1.82, 2.24) is 9.78 Å². The minimum atomic E-state index is -0.772. The summed E-state index contributed by atoms with van der Waals surface area (Å²) in [6.45, 7) is 4.08. The summed E-state index contributed by atoms with van der Waals surface area (Å²) < 4.78 is 1.78. The summed E-state index contributed by atoms with van der Waals surface area (Å²) in [5.41, 5.74) is 6.24. The van der Waals surface area contributed by atoms with Crippen LogP contribution in [0.25, 0.3) is 11.1 Å². The lowest BCUT2D eigenvalue weighted by molar-refractivity contribution is -0.137. The predicted molar refractivity (Wildman–Crippen MR) is 108 cm³/mol. The summed E-state index contributed by atoms with van der Waals surface area (Å²) in [5.74, 6) is -0.782. The van der Waals surface area contributed by atoms with Gasteiger partial charge in [-0.2, -0.15) is 5.10 Å². The van der Waals surface area contributed by atoms with Gasteiger partial charge in [-0.25, -0.2) is 0 Å². The molecule has 0 aliphatic heterocycles. The van der Waals surface area contributed by atoms with Crippen LogP contribution in [0.2, 0.25) is 0 Å². The Hall–Kier alpha value is -3.08. The largest absolute Gasteiger partial charge is 0.481 e. The van der Waals surface area contributed by atoms with Gasteiger partial charge in [-0.1, -0.05) is 36.8 Å². The molecule has 0 spiro atoms. The molecule has 3 rings (SSSR count). The van der Waals surface area contributed by atoms with Crippen LogP contribution in [0.5, 0.6) is 0 Å². The van der Waals surface area contributed by atoms with Gasteiger partial charge in [0.2, 0.25) is 0 Å². The smallest absolute Gasteiger partial charge is 0.303 e. The number of aliphatic carboxylic acids is 1. The number of anilines is 2. The van der Waals surface area contributed by atoms with Crippen molar-refractivity contribution in [2.45, 2.75) is 32.6 Å². The molecule has 2 aromatic carbocycles. The zero-order valence-corrected chi connectivity index (χ0v) is 15.9. The van der Waals surface area contributed by atoms with Crippen LogP contribution >= 0.6 is 0 Å². The van der Waals surface area contributed by atoms with Crippen LogP contribution in [0.1, 0.15) is 36.8 Å². The van der Waals surface area contributed by atoms with E-state index in [0.717, 1.165) is 34.5 Å². The molecule has 0 bridgehead atoms. The van der Waals surface area contributed by atoms with Crippen molar-refractivity contribution in [3.8, 4) is 11.1 Å². The third-order valence-corrected chi connectivity index (χ3v) is 4.78. The molecule has 0 saturated carbocycles. The third-order valence-electron chi connectivity index (χ3n) is 4.78. The highest BCUT2D eigenvalue weighted by Crippen LogP contribution is 2.34. The van der Waals surface area contributed by atoms with Crippen molar-refractivity contribution >= 4 is 17.3 Å². The van der Waals surface area contributed by atoms with Crippen LogP contribution < -0.4 is 5.32 Å². The molecule has 0 fully saturated rings. The first-order valence-corrected chi connectivity index (χ1v) is 9.14. The van der Waals surface area contributed by atoms with Crippen LogP contribution in [0.4, 0.5) is 11.4 Å². The highest BCUT2D eigenvalue weighted by molar-refractivity contribution is 5.81. The molecule has 140 valence electrons. The fourth-order valence-electron chi connectivity index (χ4n) is 3.23. The van der Waals surface area contributed by atoms with Gasteiger partial charge in [0.25, 0.3) is 0 Å². The Balaban J connectivity index is 2.02. The maximum absolute atomic E-state index is 11.2. The van der Waals surface area contributed by atoms with Gasteiger partial charge in [0.1, 0.15) is 0 Å². The van der Waals surface area contributed by atoms with E-state index < -0.39 is 5.97 Å². The first-order chi connectivity index (χ1) is 13.0. The molecule has 0 amide bonds. The van der Waals surface area contributed by atoms with Crippen LogP contribution in [0.15, 0.2) is 54.9 Å². The molecule has 0 unspecified atom stereocenters. The Kier molecular flexibility index (Phi) is 5.60. The van der Waals surface area contributed by atoms with E-state index in [1.807, 2.05) is 50.6 Å². The molecule has 0 aliphatic rings. The van der Waals surface area contributed by atoms with E-state index >= 15 is 0 Å². The van der Waals surface area contributed by atoms with Gasteiger partial charge in [0, 0.05) is 35.7 Å². The van der Waals surface area contributed by atoms with Crippen molar-refractivity contribution in [3.63, 3.8) is 0 Å². The summed E-state index contributed by atoms with van der Waals surface area (Å²) in [7, 11) is 1.89. The molecule has 2 N–H and O–H groups in total. The Labute approximate surface area is 159 Å². The molecule has 1 atom stereocenters. The minimum Gasteiger partial charge on any atom is -0.481 e. The first kappa shape index (κ1) is 18.7. The number of benzene rings is 2. The molecule has 1 heterocycles. The van der Waals surface area contributed by atoms with Crippen LogP contribution in [-0.2, 0) is 11.8 Å². The molecule has 5 heteroatoms. The normalized spacial score (nSPS) is 12.0. The van der Waals surface area contributed by atoms with E-state index in [4.69, 9.17) is 0 Å². The van der Waals surface area contributed by atoms with E-state index in [9.17, 15) is 9.90 Å². The summed E-state index contributed by atoms with van der Waals surface area (Å²) in [4.78, 5) is 11.2. The maximum Gasteiger partial charge on any atom is 0.303 e. The highest BCUT2D eigenvalue weighted by Gasteiger charge is 2.16. The van der Waals surface area contributed by atoms with Crippen molar-refractivity contribution in [2.24, 2.45) is 7.05 Å². The van der Waals surface area contributed by atoms with Gasteiger partial charge in [-0.05, 0) is 43.0 Å². The fourth-order valence-corrected chi connectivity index (χ4v) is 3.23. The van der Waals surface area contributed by atoms with Gasteiger partial charge in [-0.3, -0.25) is 9.48 Å². The number of carboxylic acids is 1. The zero-order chi connectivity index (χ0) is 19.4. The average molecular weight is 363 g/mol. The van der Waals surface area contributed by atoms with Crippen molar-refractivity contribution in [1.29, 1.82) is 0 Å². The molecule has 0 aliphatic carbocycles. The lowest BCUT2D eigenvalue weighted by Crippen LogP contribution is -2.06. The third kappa shape index (κ3) is 4.56. The van der Waals surface area contributed by atoms with Crippen molar-refractivity contribution in [3.05, 3.63) is 66.0 Å². The number of carboxylic acid groups (broad SMARTS) is 1. The Morgan fingerprint density at radius 3 is 2.56 bits per heavy atom. The molecule has 3 aromatic rings. The quantitative estimate of drug-likeness (QED) is 0.612. The van der Waals surface area contributed by atoms with E-state index in [1.165, 1.54) is 5.56 Å². The standard InChI is InChI=1S/C22H25N3O2/c1-4-16(12-22(26)27)17-7-10-20(18-13-23-25(3)14-18)21(11-17)24-19-8-5-15(2)6-9-19/h5-11,13-14,16,24H,4,12H2,1-3H3,(H,26,27)/t16-/m1/s1. The van der Waals surface area contributed by atoms with E-state index in [1.54, 1.807) is 4.68 Å². The number of nitrogens with one attached hydrogen (secondary N) is 1. The highest BCUT2D eigenvalue weighted by atomic mass is 16.4. The van der Waals surface area contributed by atoms with Crippen molar-refractivity contribution < 1.29 is 9.90 Å². The molecular weight excluding hydrogens is 338 g/mol. The summed E-state index contributed by atoms with van der Waals surface area (Å²) in [6.07, 6.45) is 4.73. The Bertz CT molecular complexity index is 929. The fraction of sp³-hybridized carbons (Fsp3) is 0.273. The van der Waals surface area contributed by atoms with E-state index in [0.29, 0.717) is 0 Å². The van der Waals surface area contributed by atoms with Crippen LogP contribution in [0.3, 0.4) is 0 Å². The van der Waals surface area contributed by atoms with Gasteiger partial charge in [0.15, 0.2) is 0 Å². The van der Waals surface area contributed by atoms with Gasteiger partial charge >= 0.3 is 5.97 Å². The monoisotopic (exact) mass is 363 g/mol. The molecule has 0 radical (unpaired) electrons. The second-order valence-electron chi connectivity index (χ2n) is 6.90. The van der Waals surface area contributed by atoms with Crippen LogP contribution in [0, 0.1) is 6.92 Å². The summed E-state index contributed by atoms with van der Waals surface area (Å²) in [5, 5.41) is 17.0. The number of aryl methyl sites for hydroxylation is 2. The zero-order valence-electron chi connectivity index (χ0n) is 15.9. The predicted octanol–water partition coefficient (Wildman–Crippen LogP) is 5.11. The number of nitrogens with zero attached hydrogens (tertiary/aromatic N) is 2. The molecule has 0 saturated heterocycles. The maximum atomic E-state index is 11.2. The lowest BCUT2D eigenvalue weighted by Gasteiger charge is -2.18. The van der Waals surface area contributed by atoms with Gasteiger partial charge in [0.05, 0.1) is 12.6 Å². The van der Waals surface area contributed by atoms with Gasteiger partial charge in [-0.15, -0.1) is 0 Å². The molecule has 27 heavy (non-hydrogen) atoms. The van der Waals surface area contributed by atoms with E-state index in [-0.39, 0.29) is 12.3 Å². The summed E-state index contributed by atoms with van der Waals surface area (Å²) >= 11 is 0. The number of aromatic nitrogens is 2. The average Bonchev–Trinajstić information content (AvgIpc) is 3.07. The van der Waals surface area contributed by atoms with E-state index in [2.05, 4.69) is 35.5 Å². The summed E-state index contributed by atoms with van der Waals surface area (Å²) in [6, 6.07) is 14.4. The molecule has 5 nitrogen and oxygen atoms in total. The molecule has 1 aromatic heterocycles. The SMILES string of the molecule is CC[C@H](CC(=O)O)c1ccc(-c2cnn(C)c2)c(Nc2ccc(C)cc2)c1. The first-order valence-electron chi connectivity index (χ1n) is 9.14. The van der Waals surface area contributed by atoms with Gasteiger partial charge < -0.3 is 10.4 Å². The topological polar surface area (TPSA) is 67.1 Å². The second-order valence-corrected chi connectivity index (χ2v) is 6.90. The minimum absolute atomic E-state index is 0.0102. The second kappa shape index (κ2) is 8.08. The Morgan fingerprint density at radius 2 is 1.96 bits per heavy atom. The number of rotatable bonds is 7.